The van der Waals surface area contributed by atoms with E-state index in [9.17, 15) is 0 Å². The number of anilines is 1. The monoisotopic (exact) mass is 266 g/mol. The molecule has 0 aliphatic heterocycles. The second-order valence-corrected chi connectivity index (χ2v) is 4.34. The summed E-state index contributed by atoms with van der Waals surface area (Å²) in [5.41, 5.74) is 0. The van der Waals surface area contributed by atoms with Gasteiger partial charge in [0.1, 0.15) is 0 Å². The standard InChI is InChI=1S/C8H12N2.2ClH.Co/c1-7(2)10-8-5-3-4-6-9-8;;;/h3-7H,1-2H3,(H,9,10);2*1H;/q;;;+2/p-1. The van der Waals surface area contributed by atoms with Crippen LogP contribution in [-0.4, -0.2) is 6.04 Å². The first-order valence-electron chi connectivity index (χ1n) is 3.77. The Kier molecular flexibility index (Phi) is 8.65. The zero-order valence-electron chi connectivity index (χ0n) is 7.48. The predicted molar refractivity (Wildman–Crippen MR) is 53.5 cm³/mol. The fourth-order valence-corrected chi connectivity index (χ4v) is 0.794. The van der Waals surface area contributed by atoms with Gasteiger partial charge in [0.05, 0.1) is 12.2 Å². The Hall–Kier alpha value is 0.0365. The number of aromatic amines is 1. The van der Waals surface area contributed by atoms with Crippen molar-refractivity contribution < 1.29 is 17.9 Å². The van der Waals surface area contributed by atoms with Crippen LogP contribution in [-0.2, 0) is 12.9 Å². The molecule has 1 aromatic heterocycles. The zero-order chi connectivity index (χ0) is 10.1. The summed E-state index contributed by atoms with van der Waals surface area (Å²) >= 11 is 0.382. The van der Waals surface area contributed by atoms with Crippen LogP contribution in [0.3, 0.4) is 0 Å². The van der Waals surface area contributed by atoms with Crippen molar-refractivity contribution in [1.29, 1.82) is 0 Å². The Bertz CT molecular complexity index is 207. The van der Waals surface area contributed by atoms with E-state index >= 15 is 0 Å². The molecule has 0 atom stereocenters. The number of aromatic nitrogens is 1. The molecule has 2 N–H and O–H groups in total. The van der Waals surface area contributed by atoms with Crippen LogP contribution < -0.4 is 10.3 Å². The fourth-order valence-electron chi connectivity index (χ4n) is 0.794. The third-order valence-corrected chi connectivity index (χ3v) is 1.15. The summed E-state index contributed by atoms with van der Waals surface area (Å²) in [5, 5.41) is 3.25. The van der Waals surface area contributed by atoms with Crippen molar-refractivity contribution >= 4 is 26.1 Å². The van der Waals surface area contributed by atoms with Gasteiger partial charge in [-0.05, 0) is 19.9 Å². The number of pyridine rings is 1. The molecule has 0 aliphatic carbocycles. The molecule has 77 valence electrons. The van der Waals surface area contributed by atoms with Crippen LogP contribution in [0.25, 0.3) is 0 Å². The molecule has 1 aromatic rings. The Labute approximate surface area is 93.5 Å². The zero-order valence-corrected chi connectivity index (χ0v) is 10.0. The quantitative estimate of drug-likeness (QED) is 0.875. The van der Waals surface area contributed by atoms with Gasteiger partial charge in [-0.1, -0.05) is 6.07 Å². The molecule has 0 unspecified atom stereocenters. The summed E-state index contributed by atoms with van der Waals surface area (Å²) in [5.74, 6) is 1.07. The second kappa shape index (κ2) is 8.63. The van der Waals surface area contributed by atoms with Crippen LogP contribution in [0.4, 0.5) is 5.82 Å². The van der Waals surface area contributed by atoms with Crippen LogP contribution in [0.5, 0.6) is 0 Å². The van der Waals surface area contributed by atoms with Gasteiger partial charge in [-0.2, -0.15) is 0 Å². The minimum absolute atomic E-state index is 0.382. The van der Waals surface area contributed by atoms with Gasteiger partial charge in [0.2, 0.25) is 0 Å². The molecule has 0 fully saturated rings. The molecule has 0 bridgehead atoms. The van der Waals surface area contributed by atoms with Gasteiger partial charge in [0.15, 0.2) is 0 Å². The van der Waals surface area contributed by atoms with Gasteiger partial charge >= 0.3 is 33.2 Å². The van der Waals surface area contributed by atoms with Crippen molar-refractivity contribution in [1.82, 2.24) is 0 Å². The van der Waals surface area contributed by atoms with E-state index in [4.69, 9.17) is 20.3 Å². The maximum atomic E-state index is 4.73. The topological polar surface area (TPSA) is 26.2 Å². The first kappa shape index (κ1) is 13.0. The molecule has 0 amide bonds. The van der Waals surface area contributed by atoms with E-state index < -0.39 is 0 Å². The number of hydrogen-bond donors (Lipinski definition) is 1. The number of rotatable bonds is 2. The predicted octanol–water partition coefficient (Wildman–Crippen LogP) is 2.70. The molecule has 0 aromatic carbocycles. The van der Waals surface area contributed by atoms with Crippen molar-refractivity contribution in [2.45, 2.75) is 19.9 Å². The molecular formula is C8H13Cl2CoN2+. The third kappa shape index (κ3) is 8.37. The minimum atomic E-state index is 0.382. The van der Waals surface area contributed by atoms with E-state index in [1.54, 1.807) is 0 Å². The van der Waals surface area contributed by atoms with Crippen LogP contribution >= 0.6 is 20.3 Å². The summed E-state index contributed by atoms with van der Waals surface area (Å²) in [6.45, 7) is 4.22. The molecule has 2 nitrogen and oxygen atoms in total. The van der Waals surface area contributed by atoms with Crippen molar-refractivity contribution in [2.75, 3.05) is 5.32 Å². The number of nitrogens with one attached hydrogen (secondary N) is 2. The molecule has 1 heterocycles. The molecule has 1 rings (SSSR count). The van der Waals surface area contributed by atoms with Gasteiger partial charge in [-0.25, -0.2) is 4.98 Å². The molecular weight excluding hydrogens is 254 g/mol. The van der Waals surface area contributed by atoms with E-state index in [1.165, 1.54) is 0 Å². The van der Waals surface area contributed by atoms with Gasteiger partial charge in [0.25, 0.3) is 5.82 Å². The van der Waals surface area contributed by atoms with E-state index in [0.717, 1.165) is 5.82 Å². The SMILES string of the molecule is CC(C)Nc1cccc[nH+]1.[Cl][Co][Cl]. The Morgan fingerprint density at radius 1 is 1.38 bits per heavy atom. The summed E-state index contributed by atoms with van der Waals surface area (Å²) in [6, 6.07) is 6.46. The molecule has 0 spiro atoms. The van der Waals surface area contributed by atoms with E-state index in [-0.39, 0.29) is 0 Å². The Morgan fingerprint density at radius 3 is 2.38 bits per heavy atom. The van der Waals surface area contributed by atoms with Crippen LogP contribution in [0.1, 0.15) is 13.8 Å². The summed E-state index contributed by atoms with van der Waals surface area (Å²) in [6.07, 6.45) is 1.91. The fraction of sp³-hybridized carbons (Fsp3) is 0.375. The van der Waals surface area contributed by atoms with Gasteiger partial charge in [-0.15, -0.1) is 0 Å². The average molecular weight is 267 g/mol. The normalized spacial score (nSPS) is 9.31. The molecule has 13 heavy (non-hydrogen) atoms. The molecule has 0 radical (unpaired) electrons. The van der Waals surface area contributed by atoms with Crippen LogP contribution in [0, 0.1) is 0 Å². The van der Waals surface area contributed by atoms with Crippen molar-refractivity contribution in [3.63, 3.8) is 0 Å². The Balaban J connectivity index is 0.000000424. The number of hydrogen-bond acceptors (Lipinski definition) is 1. The second-order valence-electron chi connectivity index (χ2n) is 2.62. The van der Waals surface area contributed by atoms with Crippen molar-refractivity contribution in [3.8, 4) is 0 Å². The van der Waals surface area contributed by atoms with E-state index in [2.05, 4.69) is 24.1 Å². The number of H-pyrrole nitrogens is 1. The van der Waals surface area contributed by atoms with Gasteiger partial charge < -0.3 is 0 Å². The van der Waals surface area contributed by atoms with E-state index in [1.807, 2.05) is 24.4 Å². The first-order chi connectivity index (χ1) is 6.20. The average Bonchev–Trinajstić information content (AvgIpc) is 2.06. The molecule has 0 saturated heterocycles. The molecule has 0 saturated carbocycles. The van der Waals surface area contributed by atoms with Crippen LogP contribution in [0.15, 0.2) is 24.4 Å². The Morgan fingerprint density at radius 2 is 2.00 bits per heavy atom. The van der Waals surface area contributed by atoms with Gasteiger partial charge in [-0.3, -0.25) is 5.32 Å². The summed E-state index contributed by atoms with van der Waals surface area (Å²) in [4.78, 5) is 3.09. The van der Waals surface area contributed by atoms with Crippen molar-refractivity contribution in [3.05, 3.63) is 24.4 Å². The summed E-state index contributed by atoms with van der Waals surface area (Å²) < 4.78 is 0. The summed E-state index contributed by atoms with van der Waals surface area (Å²) in [7, 11) is 9.47. The third-order valence-electron chi connectivity index (χ3n) is 1.15. The van der Waals surface area contributed by atoms with Crippen LogP contribution in [0.2, 0.25) is 0 Å². The first-order valence-corrected chi connectivity index (χ1v) is 6.64. The van der Waals surface area contributed by atoms with Gasteiger partial charge in [0, 0.05) is 6.07 Å². The number of halogens is 2. The van der Waals surface area contributed by atoms with Crippen molar-refractivity contribution in [2.24, 2.45) is 0 Å². The maximum absolute atomic E-state index is 4.73. The molecule has 5 heteroatoms. The van der Waals surface area contributed by atoms with E-state index in [0.29, 0.717) is 18.9 Å². The molecule has 0 aliphatic rings.